The highest BCUT2D eigenvalue weighted by Gasteiger charge is 2.10. The Bertz CT molecular complexity index is 539. The van der Waals surface area contributed by atoms with E-state index in [4.69, 9.17) is 8.83 Å². The number of nitrogens with one attached hydrogen (secondary N) is 1. The Balaban J connectivity index is 2.08. The maximum Gasteiger partial charge on any atom is 0.519 e. The molecule has 0 saturated heterocycles. The Morgan fingerprint density at radius 1 is 1.18 bits per heavy atom. The zero-order valence-electron chi connectivity index (χ0n) is 9.31. The molecular weight excluding hydrogens is 218 g/mol. The molecule has 0 aliphatic heterocycles. The van der Waals surface area contributed by atoms with Crippen LogP contribution in [0.25, 0.3) is 0 Å². The smallest absolute Gasteiger partial charge is 0.395 e. The molecule has 0 radical (unpaired) electrons. The van der Waals surface area contributed by atoms with E-state index < -0.39 is 5.82 Å². The third-order valence-corrected chi connectivity index (χ3v) is 2.28. The highest BCUT2D eigenvalue weighted by Crippen LogP contribution is 2.12. The van der Waals surface area contributed by atoms with Crippen LogP contribution in [-0.2, 0) is 13.0 Å². The Morgan fingerprint density at radius 2 is 1.88 bits per heavy atom. The minimum atomic E-state index is -0.674. The summed E-state index contributed by atoms with van der Waals surface area (Å²) >= 11 is 0. The third-order valence-electron chi connectivity index (χ3n) is 2.28. The molecule has 0 fully saturated rings. The average molecular weight is 231 g/mol. The lowest BCUT2D eigenvalue weighted by Crippen LogP contribution is -2.00. The normalized spacial score (nSPS) is 10.1. The van der Waals surface area contributed by atoms with Crippen LogP contribution in [-0.4, -0.2) is 0 Å². The van der Waals surface area contributed by atoms with Crippen LogP contribution in [0.4, 0.5) is 5.69 Å². The van der Waals surface area contributed by atoms with Crippen LogP contribution in [0.2, 0.25) is 0 Å². The predicted octanol–water partition coefficient (Wildman–Crippen LogP) is 2.57. The van der Waals surface area contributed by atoms with Crippen molar-refractivity contribution in [1.82, 2.24) is 0 Å². The summed E-state index contributed by atoms with van der Waals surface area (Å²) < 4.78 is 9.87. The molecule has 2 rings (SSSR count). The summed E-state index contributed by atoms with van der Waals surface area (Å²) in [4.78, 5) is 11.0. The SMILES string of the molecule is C=CCc1oc(=O)oc1CNc1ccccc1. The molecule has 17 heavy (non-hydrogen) atoms. The third kappa shape index (κ3) is 2.87. The van der Waals surface area contributed by atoms with Crippen molar-refractivity contribution >= 4 is 5.69 Å². The molecule has 1 heterocycles. The number of para-hydroxylation sites is 1. The molecular formula is C13H13NO3. The van der Waals surface area contributed by atoms with Crippen LogP contribution in [0.15, 0.2) is 56.6 Å². The van der Waals surface area contributed by atoms with E-state index in [0.717, 1.165) is 5.69 Å². The lowest BCUT2D eigenvalue weighted by molar-refractivity contribution is 0.368. The molecule has 0 amide bonds. The second-order valence-electron chi connectivity index (χ2n) is 3.51. The van der Waals surface area contributed by atoms with Crippen LogP contribution in [0.1, 0.15) is 11.5 Å². The molecule has 0 atom stereocenters. The molecule has 0 bridgehead atoms. The first-order chi connectivity index (χ1) is 8.29. The molecule has 0 aliphatic rings. The van der Waals surface area contributed by atoms with Crippen molar-refractivity contribution in [1.29, 1.82) is 0 Å². The molecule has 1 N–H and O–H groups in total. The standard InChI is InChI=1S/C13H13NO3/c1-2-6-11-12(17-13(15)16-11)9-14-10-7-4-3-5-8-10/h2-5,7-8,14H,1,6,9H2. The van der Waals surface area contributed by atoms with Gasteiger partial charge in [-0.3, -0.25) is 0 Å². The van der Waals surface area contributed by atoms with Gasteiger partial charge in [-0.15, -0.1) is 6.58 Å². The predicted molar refractivity (Wildman–Crippen MR) is 64.9 cm³/mol. The second-order valence-corrected chi connectivity index (χ2v) is 3.51. The Kier molecular flexibility index (Phi) is 3.45. The molecule has 1 aromatic heterocycles. The van der Waals surface area contributed by atoms with Gasteiger partial charge in [-0.1, -0.05) is 24.3 Å². The van der Waals surface area contributed by atoms with Gasteiger partial charge in [0.05, 0.1) is 6.54 Å². The van der Waals surface area contributed by atoms with Gasteiger partial charge in [-0.2, -0.15) is 0 Å². The van der Waals surface area contributed by atoms with Crippen molar-refractivity contribution in [3.8, 4) is 0 Å². The zero-order chi connectivity index (χ0) is 12.1. The van der Waals surface area contributed by atoms with Crippen LogP contribution in [0.3, 0.4) is 0 Å². The number of allylic oxidation sites excluding steroid dienone is 1. The number of rotatable bonds is 5. The molecule has 4 heteroatoms. The fourth-order valence-electron chi connectivity index (χ4n) is 1.50. The highest BCUT2D eigenvalue weighted by molar-refractivity contribution is 5.42. The van der Waals surface area contributed by atoms with E-state index in [-0.39, 0.29) is 0 Å². The van der Waals surface area contributed by atoms with Gasteiger partial charge in [0.1, 0.15) is 0 Å². The van der Waals surface area contributed by atoms with Crippen LogP contribution in [0, 0.1) is 0 Å². The number of benzene rings is 1. The summed E-state index contributed by atoms with van der Waals surface area (Å²) in [6.45, 7) is 4.02. The lowest BCUT2D eigenvalue weighted by Gasteiger charge is -2.03. The van der Waals surface area contributed by atoms with Gasteiger partial charge in [0, 0.05) is 12.1 Å². The first kappa shape index (κ1) is 11.3. The Labute approximate surface area is 98.6 Å². The largest absolute Gasteiger partial charge is 0.519 e. The summed E-state index contributed by atoms with van der Waals surface area (Å²) in [5.41, 5.74) is 0.959. The highest BCUT2D eigenvalue weighted by atomic mass is 16.6. The van der Waals surface area contributed by atoms with Crippen molar-refractivity contribution in [2.75, 3.05) is 5.32 Å². The molecule has 4 nitrogen and oxygen atoms in total. The van der Waals surface area contributed by atoms with Crippen LogP contribution >= 0.6 is 0 Å². The Morgan fingerprint density at radius 3 is 2.59 bits per heavy atom. The number of hydrogen-bond donors (Lipinski definition) is 1. The quantitative estimate of drug-likeness (QED) is 0.803. The number of hydrogen-bond acceptors (Lipinski definition) is 4. The van der Waals surface area contributed by atoms with Gasteiger partial charge < -0.3 is 14.2 Å². The minimum Gasteiger partial charge on any atom is -0.395 e. The van der Waals surface area contributed by atoms with E-state index in [2.05, 4.69) is 11.9 Å². The summed E-state index contributed by atoms with van der Waals surface area (Å²) in [6.07, 6.45) is 2.15. The lowest BCUT2D eigenvalue weighted by atomic mass is 10.2. The zero-order valence-corrected chi connectivity index (χ0v) is 9.31. The summed E-state index contributed by atoms with van der Waals surface area (Å²) in [5, 5.41) is 3.15. The summed E-state index contributed by atoms with van der Waals surface area (Å²) in [6, 6.07) is 9.67. The van der Waals surface area contributed by atoms with Gasteiger partial charge in [0.2, 0.25) is 0 Å². The van der Waals surface area contributed by atoms with Gasteiger partial charge in [-0.25, -0.2) is 4.79 Å². The molecule has 0 unspecified atom stereocenters. The van der Waals surface area contributed by atoms with Crippen LogP contribution in [0.5, 0.6) is 0 Å². The molecule has 0 saturated carbocycles. The summed E-state index contributed by atoms with van der Waals surface area (Å²) in [7, 11) is 0. The molecule has 0 spiro atoms. The first-order valence-corrected chi connectivity index (χ1v) is 5.31. The molecule has 88 valence electrons. The topological polar surface area (TPSA) is 55.4 Å². The van der Waals surface area contributed by atoms with Crippen molar-refractivity contribution in [2.45, 2.75) is 13.0 Å². The first-order valence-electron chi connectivity index (χ1n) is 5.31. The Hall–Kier alpha value is -2.23. The maximum absolute atomic E-state index is 11.0. The van der Waals surface area contributed by atoms with Gasteiger partial charge >= 0.3 is 5.82 Å². The molecule has 2 aromatic rings. The van der Waals surface area contributed by atoms with E-state index in [0.29, 0.717) is 24.5 Å². The fraction of sp³-hybridized carbons (Fsp3) is 0.154. The van der Waals surface area contributed by atoms with E-state index >= 15 is 0 Å². The summed E-state index contributed by atoms with van der Waals surface area (Å²) in [5.74, 6) is 0.360. The molecule has 1 aromatic carbocycles. The van der Waals surface area contributed by atoms with E-state index in [9.17, 15) is 4.79 Å². The van der Waals surface area contributed by atoms with Crippen molar-refractivity contribution in [3.63, 3.8) is 0 Å². The van der Waals surface area contributed by atoms with E-state index in [1.807, 2.05) is 30.3 Å². The second kappa shape index (κ2) is 5.21. The van der Waals surface area contributed by atoms with E-state index in [1.165, 1.54) is 0 Å². The van der Waals surface area contributed by atoms with Gasteiger partial charge in [0.15, 0.2) is 11.5 Å². The van der Waals surface area contributed by atoms with Crippen LogP contribution < -0.4 is 11.1 Å². The average Bonchev–Trinajstić information content (AvgIpc) is 2.69. The van der Waals surface area contributed by atoms with E-state index in [1.54, 1.807) is 6.08 Å². The fourth-order valence-corrected chi connectivity index (χ4v) is 1.50. The molecule has 0 aliphatic carbocycles. The maximum atomic E-state index is 11.0. The van der Waals surface area contributed by atoms with Crippen molar-refractivity contribution in [2.24, 2.45) is 0 Å². The minimum absolute atomic E-state index is 0.416. The van der Waals surface area contributed by atoms with Gasteiger partial charge in [0.25, 0.3) is 0 Å². The monoisotopic (exact) mass is 231 g/mol. The van der Waals surface area contributed by atoms with Crippen molar-refractivity contribution in [3.05, 3.63) is 65.1 Å². The van der Waals surface area contributed by atoms with Crippen molar-refractivity contribution < 1.29 is 8.83 Å². The number of anilines is 1. The van der Waals surface area contributed by atoms with Gasteiger partial charge in [-0.05, 0) is 12.1 Å².